The number of benzene rings is 2. The van der Waals surface area contributed by atoms with Crippen LogP contribution in [0.5, 0.6) is 0 Å². The Balaban J connectivity index is 0.716. The lowest BCUT2D eigenvalue weighted by atomic mass is 9.83. The van der Waals surface area contributed by atoms with Crippen molar-refractivity contribution >= 4 is 41.7 Å². The van der Waals surface area contributed by atoms with Gasteiger partial charge in [0.1, 0.15) is 17.7 Å². The second-order valence-electron chi connectivity index (χ2n) is 21.3. The van der Waals surface area contributed by atoms with Crippen LogP contribution in [-0.4, -0.2) is 154 Å². The number of ether oxygens (including phenoxy) is 1. The SMILES string of the molecule is C=C/C=c1/c(Cc2ccc(F)c(C(=O)N3CCN(C(=O)CN4CCC(OC5CCN(C(=O)C(NC(=O)c6cccc(C7CCCN(C(=O)C8CC8)C7)c6F)C6CCCCC6)CC5)CC4)CC3)c2)n[nH]c(=O)/c1=C/C. The molecule has 6 aliphatic rings. The summed E-state index contributed by atoms with van der Waals surface area (Å²) in [6.07, 6.45) is 16.2. The maximum atomic E-state index is 16.3. The molecule has 0 bridgehead atoms. The second-order valence-corrected chi connectivity index (χ2v) is 21.3. The molecule has 2 atom stereocenters. The van der Waals surface area contributed by atoms with Crippen molar-refractivity contribution in [2.24, 2.45) is 11.8 Å². The fourth-order valence-electron chi connectivity index (χ4n) is 11.9. The van der Waals surface area contributed by atoms with Gasteiger partial charge in [-0.25, -0.2) is 13.9 Å². The Hall–Kier alpha value is -6.07. The molecule has 74 heavy (non-hydrogen) atoms. The van der Waals surface area contributed by atoms with Crippen molar-refractivity contribution in [3.8, 4) is 0 Å². The topological polar surface area (TPSA) is 169 Å². The Kier molecular flexibility index (Phi) is 17.2. The van der Waals surface area contributed by atoms with Crippen LogP contribution in [0, 0.1) is 23.5 Å². The number of carbonyl (C=O) groups excluding carboxylic acids is 5. The smallest absolute Gasteiger partial charge is 0.271 e. The third kappa shape index (κ3) is 12.4. The maximum Gasteiger partial charge on any atom is 0.271 e. The Morgan fingerprint density at radius 1 is 0.784 bits per heavy atom. The average molecular weight is 1020 g/mol. The lowest BCUT2D eigenvalue weighted by molar-refractivity contribution is -0.140. The molecular formula is C57H72F2N8O7. The molecule has 2 aliphatic carbocycles. The van der Waals surface area contributed by atoms with Gasteiger partial charge in [0.05, 0.1) is 35.6 Å². The highest BCUT2D eigenvalue weighted by Gasteiger charge is 2.39. The molecule has 15 nitrogen and oxygen atoms in total. The molecule has 3 aromatic rings. The molecule has 4 aliphatic heterocycles. The Morgan fingerprint density at radius 3 is 2.18 bits per heavy atom. The molecule has 9 rings (SSSR count). The number of piperidine rings is 3. The molecule has 2 N–H and O–H groups in total. The van der Waals surface area contributed by atoms with Gasteiger partial charge in [-0.2, -0.15) is 5.10 Å². The summed E-state index contributed by atoms with van der Waals surface area (Å²) in [5.41, 5.74) is 1.23. The lowest BCUT2D eigenvalue weighted by Crippen LogP contribution is -2.55. The zero-order chi connectivity index (χ0) is 51.9. The van der Waals surface area contributed by atoms with Crippen LogP contribution in [0.15, 0.2) is 53.8 Å². The minimum atomic E-state index is -0.750. The fourth-order valence-corrected chi connectivity index (χ4v) is 11.9. The monoisotopic (exact) mass is 1020 g/mol. The molecule has 4 saturated heterocycles. The summed E-state index contributed by atoms with van der Waals surface area (Å²) in [5, 5.41) is 10.8. The molecule has 2 saturated carbocycles. The molecule has 5 heterocycles. The minimum absolute atomic E-state index is 0.0130. The Bertz CT molecular complexity index is 2750. The van der Waals surface area contributed by atoms with E-state index in [1.807, 2.05) is 9.80 Å². The third-order valence-corrected chi connectivity index (χ3v) is 16.3. The van der Waals surface area contributed by atoms with Gasteiger partial charge in [0.25, 0.3) is 17.4 Å². The molecule has 2 unspecified atom stereocenters. The zero-order valence-electron chi connectivity index (χ0n) is 42.8. The summed E-state index contributed by atoms with van der Waals surface area (Å²) < 4.78 is 38.1. The first-order chi connectivity index (χ1) is 35.9. The quantitative estimate of drug-likeness (QED) is 0.234. The standard InChI is InChI=1S/C57H72F2N8O7/c1-3-10-45-43(4-2)54(70)62-61-49(45)34-37-16-19-48(58)47(33-37)56(72)66-31-29-64(30-32-66)50(68)36-63-25-20-41(21-26-63)74-42-22-27-65(28-23-42)57(73)52(38-11-6-5-7-12-38)60-53(69)46-15-8-14-44(51(46)59)40-13-9-24-67(35-40)55(71)39-17-18-39/h3-4,8,10,14-16,19,33,38-42,52H,1,5-7,9,11-13,17-18,20-32,34-36H2,2H3,(H,60,69)(H,62,70)/b43-4+,45-10+. The molecule has 5 amide bonds. The van der Waals surface area contributed by atoms with Crippen molar-refractivity contribution in [2.75, 3.05) is 72.0 Å². The van der Waals surface area contributed by atoms with Crippen molar-refractivity contribution in [2.45, 2.75) is 121 Å². The molecule has 2 aromatic carbocycles. The summed E-state index contributed by atoms with van der Waals surface area (Å²) in [4.78, 5) is 89.8. The summed E-state index contributed by atoms with van der Waals surface area (Å²) >= 11 is 0. The van der Waals surface area contributed by atoms with E-state index in [9.17, 15) is 28.8 Å². The number of nitrogens with zero attached hydrogens (tertiary/aromatic N) is 6. The van der Waals surface area contributed by atoms with Crippen molar-refractivity contribution in [1.82, 2.24) is 40.0 Å². The largest absolute Gasteiger partial charge is 0.375 e. The predicted octanol–water partition coefficient (Wildman–Crippen LogP) is 4.66. The number of halogens is 2. The highest BCUT2D eigenvalue weighted by atomic mass is 19.1. The van der Waals surface area contributed by atoms with Crippen LogP contribution in [0.4, 0.5) is 8.78 Å². The maximum absolute atomic E-state index is 16.3. The zero-order valence-corrected chi connectivity index (χ0v) is 42.8. The number of aromatic nitrogens is 2. The highest BCUT2D eigenvalue weighted by Crippen LogP contribution is 2.36. The van der Waals surface area contributed by atoms with Gasteiger partial charge in [-0.1, -0.05) is 62.3 Å². The molecule has 0 radical (unpaired) electrons. The number of likely N-dealkylation sites (tertiary alicyclic amines) is 3. The summed E-state index contributed by atoms with van der Waals surface area (Å²) in [6.45, 7) is 10.6. The summed E-state index contributed by atoms with van der Waals surface area (Å²) in [6, 6.07) is 8.59. The van der Waals surface area contributed by atoms with Gasteiger partial charge in [0.15, 0.2) is 0 Å². The van der Waals surface area contributed by atoms with E-state index in [0.29, 0.717) is 92.5 Å². The number of H-pyrrole nitrogens is 1. The van der Waals surface area contributed by atoms with Crippen molar-refractivity contribution in [3.63, 3.8) is 0 Å². The predicted molar refractivity (Wildman–Crippen MR) is 276 cm³/mol. The number of hydrogen-bond acceptors (Lipinski definition) is 9. The van der Waals surface area contributed by atoms with Crippen molar-refractivity contribution < 1.29 is 37.5 Å². The molecule has 6 fully saturated rings. The Morgan fingerprint density at radius 2 is 1.49 bits per heavy atom. The van der Waals surface area contributed by atoms with Crippen LogP contribution < -0.4 is 21.3 Å². The van der Waals surface area contributed by atoms with Gasteiger partial charge >= 0.3 is 0 Å². The van der Waals surface area contributed by atoms with Crippen LogP contribution in [0.2, 0.25) is 0 Å². The van der Waals surface area contributed by atoms with E-state index in [1.165, 1.54) is 18.2 Å². The van der Waals surface area contributed by atoms with Crippen LogP contribution in [-0.2, 0) is 25.5 Å². The van der Waals surface area contributed by atoms with E-state index in [1.54, 1.807) is 53.2 Å². The van der Waals surface area contributed by atoms with Gasteiger partial charge in [-0.15, -0.1) is 0 Å². The first-order valence-corrected chi connectivity index (χ1v) is 27.2. The third-order valence-electron chi connectivity index (χ3n) is 16.3. The summed E-state index contributed by atoms with van der Waals surface area (Å²) in [7, 11) is 0. The fraction of sp³-hybridized carbons (Fsp3) is 0.561. The van der Waals surface area contributed by atoms with E-state index in [0.717, 1.165) is 70.6 Å². The number of amides is 5. The second kappa shape index (κ2) is 24.1. The van der Waals surface area contributed by atoms with Gasteiger partial charge in [-0.3, -0.25) is 33.7 Å². The first kappa shape index (κ1) is 52.8. The molecule has 17 heteroatoms. The van der Waals surface area contributed by atoms with Gasteiger partial charge in [0, 0.05) is 94.1 Å². The van der Waals surface area contributed by atoms with Crippen LogP contribution in [0.3, 0.4) is 0 Å². The highest BCUT2D eigenvalue weighted by molar-refractivity contribution is 5.98. The Labute approximate surface area is 432 Å². The number of allylic oxidation sites excluding steroid dienone is 1. The van der Waals surface area contributed by atoms with Crippen LogP contribution >= 0.6 is 0 Å². The number of carbonyl (C=O) groups is 5. The van der Waals surface area contributed by atoms with E-state index in [4.69, 9.17) is 4.74 Å². The van der Waals surface area contributed by atoms with Crippen molar-refractivity contribution in [3.05, 3.63) is 109 Å². The first-order valence-electron chi connectivity index (χ1n) is 27.2. The number of rotatable bonds is 14. The van der Waals surface area contributed by atoms with Crippen LogP contribution in [0.25, 0.3) is 12.2 Å². The van der Waals surface area contributed by atoms with Gasteiger partial charge in [-0.05, 0) is 106 Å². The number of nitrogens with one attached hydrogen (secondary N) is 2. The van der Waals surface area contributed by atoms with Gasteiger partial charge < -0.3 is 29.7 Å². The van der Waals surface area contributed by atoms with Crippen LogP contribution in [0.1, 0.15) is 134 Å². The van der Waals surface area contributed by atoms with E-state index < -0.39 is 29.5 Å². The molecular weight excluding hydrogens is 947 g/mol. The van der Waals surface area contributed by atoms with Crippen molar-refractivity contribution in [1.29, 1.82) is 0 Å². The number of aromatic amines is 1. The molecule has 0 spiro atoms. The normalized spacial score (nSPS) is 21.7. The average Bonchev–Trinajstić information content (AvgIpc) is 4.28. The lowest BCUT2D eigenvalue weighted by Gasteiger charge is -2.40. The number of hydrogen-bond donors (Lipinski definition) is 2. The molecule has 396 valence electrons. The summed E-state index contributed by atoms with van der Waals surface area (Å²) in [5.74, 6) is -2.31. The molecule has 1 aromatic heterocycles. The van der Waals surface area contributed by atoms with E-state index >= 15 is 8.78 Å². The van der Waals surface area contributed by atoms with E-state index in [-0.39, 0.29) is 90.4 Å². The van der Waals surface area contributed by atoms with E-state index in [2.05, 4.69) is 27.0 Å². The minimum Gasteiger partial charge on any atom is -0.375 e. The van der Waals surface area contributed by atoms with Gasteiger partial charge in [0.2, 0.25) is 17.7 Å². The number of piperazine rings is 1.